The Morgan fingerprint density at radius 3 is 2.48 bits per heavy atom. The van der Waals surface area contributed by atoms with E-state index in [0.29, 0.717) is 13.2 Å². The topological polar surface area (TPSA) is 46.6 Å². The van der Waals surface area contributed by atoms with Crippen LogP contribution in [0.4, 0.5) is 0 Å². The third-order valence-corrected chi connectivity index (χ3v) is 3.86. The first-order valence-corrected chi connectivity index (χ1v) is 7.69. The van der Waals surface area contributed by atoms with E-state index in [9.17, 15) is 9.59 Å². The quantitative estimate of drug-likeness (QED) is 0.757. The summed E-state index contributed by atoms with van der Waals surface area (Å²) >= 11 is 0. The van der Waals surface area contributed by atoms with Gasteiger partial charge in [0.2, 0.25) is 5.91 Å². The molecule has 0 aliphatic heterocycles. The number of carbonyl (C=O) groups excluding carboxylic acids is 2. The molecule has 1 aromatic rings. The van der Waals surface area contributed by atoms with Crippen molar-refractivity contribution in [3.05, 3.63) is 35.9 Å². The SMILES string of the molecule is CCOC(=O)CN(Cc1ccccc1)C(=O)C1CCCC1. The largest absolute Gasteiger partial charge is 0.465 e. The van der Waals surface area contributed by atoms with E-state index < -0.39 is 0 Å². The van der Waals surface area contributed by atoms with Gasteiger partial charge in [0, 0.05) is 12.5 Å². The Labute approximate surface area is 126 Å². The van der Waals surface area contributed by atoms with Crippen LogP contribution in [-0.4, -0.2) is 29.9 Å². The van der Waals surface area contributed by atoms with Gasteiger partial charge in [-0.3, -0.25) is 9.59 Å². The van der Waals surface area contributed by atoms with Crippen molar-refractivity contribution in [3.8, 4) is 0 Å². The van der Waals surface area contributed by atoms with Gasteiger partial charge in [0.25, 0.3) is 0 Å². The normalized spacial score (nSPS) is 14.9. The average molecular weight is 289 g/mol. The number of benzene rings is 1. The fourth-order valence-corrected chi connectivity index (χ4v) is 2.81. The highest BCUT2D eigenvalue weighted by Gasteiger charge is 2.28. The second-order valence-corrected chi connectivity index (χ2v) is 5.47. The molecule has 0 bridgehead atoms. The van der Waals surface area contributed by atoms with Crippen molar-refractivity contribution in [3.63, 3.8) is 0 Å². The molecule has 114 valence electrons. The number of amides is 1. The van der Waals surface area contributed by atoms with Crippen LogP contribution in [0.25, 0.3) is 0 Å². The highest BCUT2D eigenvalue weighted by molar-refractivity contribution is 5.83. The molecule has 0 radical (unpaired) electrons. The molecule has 0 saturated heterocycles. The number of hydrogen-bond acceptors (Lipinski definition) is 3. The van der Waals surface area contributed by atoms with Crippen molar-refractivity contribution >= 4 is 11.9 Å². The average Bonchev–Trinajstić information content (AvgIpc) is 3.01. The predicted molar refractivity (Wildman–Crippen MR) is 80.5 cm³/mol. The Bertz CT molecular complexity index is 466. The molecule has 4 nitrogen and oxygen atoms in total. The maximum atomic E-state index is 12.6. The fraction of sp³-hybridized carbons (Fsp3) is 0.529. The van der Waals surface area contributed by atoms with E-state index in [0.717, 1.165) is 31.2 Å². The van der Waals surface area contributed by atoms with Gasteiger partial charge >= 0.3 is 5.97 Å². The first kappa shape index (κ1) is 15.5. The van der Waals surface area contributed by atoms with Gasteiger partial charge in [-0.1, -0.05) is 43.2 Å². The second-order valence-electron chi connectivity index (χ2n) is 5.47. The summed E-state index contributed by atoms with van der Waals surface area (Å²) in [5, 5.41) is 0. The zero-order chi connectivity index (χ0) is 15.1. The number of esters is 1. The van der Waals surface area contributed by atoms with E-state index >= 15 is 0 Å². The molecule has 0 atom stereocenters. The number of nitrogens with zero attached hydrogens (tertiary/aromatic N) is 1. The highest BCUT2D eigenvalue weighted by atomic mass is 16.5. The van der Waals surface area contributed by atoms with Crippen molar-refractivity contribution in [1.82, 2.24) is 4.90 Å². The Hall–Kier alpha value is -1.84. The Morgan fingerprint density at radius 2 is 1.86 bits per heavy atom. The van der Waals surface area contributed by atoms with Crippen molar-refractivity contribution in [1.29, 1.82) is 0 Å². The van der Waals surface area contributed by atoms with Crippen LogP contribution in [0.1, 0.15) is 38.2 Å². The third-order valence-electron chi connectivity index (χ3n) is 3.86. The number of carbonyl (C=O) groups is 2. The van der Waals surface area contributed by atoms with Crippen LogP contribution in [0, 0.1) is 5.92 Å². The Balaban J connectivity index is 2.05. The molecular weight excluding hydrogens is 266 g/mol. The van der Waals surface area contributed by atoms with Gasteiger partial charge in [-0.2, -0.15) is 0 Å². The molecule has 4 heteroatoms. The minimum atomic E-state index is -0.334. The molecular formula is C17H23NO3. The number of hydrogen-bond donors (Lipinski definition) is 0. The summed E-state index contributed by atoms with van der Waals surface area (Å²) in [5.41, 5.74) is 1.04. The number of ether oxygens (including phenoxy) is 1. The van der Waals surface area contributed by atoms with E-state index in [-0.39, 0.29) is 24.3 Å². The van der Waals surface area contributed by atoms with Crippen LogP contribution >= 0.6 is 0 Å². The van der Waals surface area contributed by atoms with E-state index in [2.05, 4.69) is 0 Å². The molecule has 1 fully saturated rings. The van der Waals surface area contributed by atoms with Gasteiger partial charge in [-0.25, -0.2) is 0 Å². The van der Waals surface area contributed by atoms with Gasteiger partial charge in [0.15, 0.2) is 0 Å². The maximum Gasteiger partial charge on any atom is 0.325 e. The van der Waals surface area contributed by atoms with Gasteiger partial charge in [-0.05, 0) is 25.3 Å². The lowest BCUT2D eigenvalue weighted by Gasteiger charge is -2.25. The van der Waals surface area contributed by atoms with Crippen molar-refractivity contribution < 1.29 is 14.3 Å². The van der Waals surface area contributed by atoms with E-state index in [4.69, 9.17) is 4.74 Å². The number of rotatable bonds is 6. The van der Waals surface area contributed by atoms with Crippen LogP contribution < -0.4 is 0 Å². The fourth-order valence-electron chi connectivity index (χ4n) is 2.81. The smallest absolute Gasteiger partial charge is 0.325 e. The van der Waals surface area contributed by atoms with Crippen LogP contribution in [-0.2, 0) is 20.9 Å². The molecule has 0 N–H and O–H groups in total. The maximum absolute atomic E-state index is 12.6. The summed E-state index contributed by atoms with van der Waals surface area (Å²) in [6.45, 7) is 2.63. The Morgan fingerprint density at radius 1 is 1.19 bits per heavy atom. The lowest BCUT2D eigenvalue weighted by atomic mass is 10.1. The zero-order valence-electron chi connectivity index (χ0n) is 12.6. The highest BCUT2D eigenvalue weighted by Crippen LogP contribution is 2.27. The van der Waals surface area contributed by atoms with Gasteiger partial charge in [0.1, 0.15) is 6.54 Å². The van der Waals surface area contributed by atoms with Gasteiger partial charge in [0.05, 0.1) is 6.61 Å². The standard InChI is InChI=1S/C17H23NO3/c1-2-21-16(19)13-18(12-14-8-4-3-5-9-14)17(20)15-10-6-7-11-15/h3-5,8-9,15H,2,6-7,10-13H2,1H3. The molecule has 1 amide bonds. The molecule has 1 aromatic carbocycles. The first-order chi connectivity index (χ1) is 10.2. The summed E-state index contributed by atoms with van der Waals surface area (Å²) in [4.78, 5) is 26.0. The third kappa shape index (κ3) is 4.59. The lowest BCUT2D eigenvalue weighted by Crippen LogP contribution is -2.39. The molecule has 21 heavy (non-hydrogen) atoms. The van der Waals surface area contributed by atoms with Crippen LogP contribution in [0.2, 0.25) is 0 Å². The molecule has 1 aliphatic rings. The summed E-state index contributed by atoms with van der Waals surface area (Å²) in [7, 11) is 0. The minimum Gasteiger partial charge on any atom is -0.465 e. The van der Waals surface area contributed by atoms with E-state index in [1.54, 1.807) is 11.8 Å². The van der Waals surface area contributed by atoms with Crippen LogP contribution in [0.3, 0.4) is 0 Å². The molecule has 0 unspecified atom stereocenters. The molecule has 0 spiro atoms. The van der Waals surface area contributed by atoms with Crippen LogP contribution in [0.15, 0.2) is 30.3 Å². The Kier molecular flexibility index (Phi) is 5.78. The monoisotopic (exact) mass is 289 g/mol. The second kappa shape index (κ2) is 7.81. The zero-order valence-corrected chi connectivity index (χ0v) is 12.6. The van der Waals surface area contributed by atoms with E-state index in [1.165, 1.54) is 0 Å². The van der Waals surface area contributed by atoms with Crippen molar-refractivity contribution in [2.45, 2.75) is 39.2 Å². The predicted octanol–water partition coefficient (Wildman–Crippen LogP) is 2.77. The van der Waals surface area contributed by atoms with Crippen LogP contribution in [0.5, 0.6) is 0 Å². The minimum absolute atomic E-state index is 0.0397. The van der Waals surface area contributed by atoms with Gasteiger partial charge < -0.3 is 9.64 Å². The molecule has 1 saturated carbocycles. The molecule has 0 aromatic heterocycles. The van der Waals surface area contributed by atoms with E-state index in [1.807, 2.05) is 30.3 Å². The van der Waals surface area contributed by atoms with Gasteiger partial charge in [-0.15, -0.1) is 0 Å². The summed E-state index contributed by atoms with van der Waals surface area (Å²) in [6.07, 6.45) is 4.09. The summed E-state index contributed by atoms with van der Waals surface area (Å²) in [5.74, 6) is -0.174. The lowest BCUT2D eigenvalue weighted by molar-refractivity contribution is -0.150. The molecule has 2 rings (SSSR count). The van der Waals surface area contributed by atoms with Crippen molar-refractivity contribution in [2.24, 2.45) is 5.92 Å². The summed E-state index contributed by atoms with van der Waals surface area (Å²) in [6, 6.07) is 9.77. The van der Waals surface area contributed by atoms with Crippen molar-refractivity contribution in [2.75, 3.05) is 13.2 Å². The molecule has 1 aliphatic carbocycles. The first-order valence-electron chi connectivity index (χ1n) is 7.69. The summed E-state index contributed by atoms with van der Waals surface area (Å²) < 4.78 is 4.99. The molecule has 0 heterocycles.